The van der Waals surface area contributed by atoms with Crippen LogP contribution in [0.2, 0.25) is 0 Å². The van der Waals surface area contributed by atoms with Gasteiger partial charge in [0.1, 0.15) is 0 Å². The van der Waals surface area contributed by atoms with E-state index in [4.69, 9.17) is 9.47 Å². The van der Waals surface area contributed by atoms with Crippen LogP contribution in [0.3, 0.4) is 0 Å². The molecule has 6 heteroatoms. The zero-order valence-corrected chi connectivity index (χ0v) is 26.0. The summed E-state index contributed by atoms with van der Waals surface area (Å²) in [5.41, 5.74) is 6.75. The average Bonchev–Trinajstić information content (AvgIpc) is 3.11. The third kappa shape index (κ3) is 7.72. The molecule has 5 aromatic carbocycles. The van der Waals surface area contributed by atoms with Gasteiger partial charge in [0.05, 0.1) is 18.8 Å². The summed E-state index contributed by atoms with van der Waals surface area (Å²) in [4.78, 5) is 13.7. The van der Waals surface area contributed by atoms with E-state index >= 15 is 0 Å². The van der Waals surface area contributed by atoms with Crippen LogP contribution in [-0.2, 0) is 22.6 Å². The fourth-order valence-corrected chi connectivity index (χ4v) is 6.66. The Kier molecular flexibility index (Phi) is 10.1. The molecule has 228 valence electrons. The Hall–Kier alpha value is -4.20. The summed E-state index contributed by atoms with van der Waals surface area (Å²) in [5, 5.41) is 12.6. The van der Waals surface area contributed by atoms with E-state index in [0.29, 0.717) is 12.1 Å². The van der Waals surface area contributed by atoms with Gasteiger partial charge in [-0.1, -0.05) is 110 Å². The van der Waals surface area contributed by atoms with E-state index in [0.717, 1.165) is 39.1 Å². The van der Waals surface area contributed by atoms with Crippen LogP contribution in [0.5, 0.6) is 0 Å². The molecule has 4 unspecified atom stereocenters. The topological polar surface area (TPSA) is 67.8 Å². The van der Waals surface area contributed by atoms with Crippen LogP contribution >= 0.6 is 11.8 Å². The number of hydrogen-bond acceptors (Lipinski definition) is 5. The van der Waals surface area contributed by atoms with E-state index in [2.05, 4.69) is 85.0 Å². The van der Waals surface area contributed by atoms with Gasteiger partial charge in [-0.2, -0.15) is 0 Å². The summed E-state index contributed by atoms with van der Waals surface area (Å²) in [6.07, 6.45) is -0.696. The lowest BCUT2D eigenvalue weighted by molar-refractivity contribution is -0.268. The van der Waals surface area contributed by atoms with E-state index in [9.17, 15) is 9.90 Å². The first-order chi connectivity index (χ1) is 22.1. The van der Waals surface area contributed by atoms with Crippen molar-refractivity contribution < 1.29 is 19.4 Å². The first-order valence-corrected chi connectivity index (χ1v) is 16.3. The zero-order chi connectivity index (χ0) is 31.0. The van der Waals surface area contributed by atoms with Gasteiger partial charge in [-0.05, 0) is 58.1 Å². The normalized spacial score (nSPS) is 19.6. The maximum atomic E-state index is 12.5. The lowest BCUT2D eigenvalue weighted by Crippen LogP contribution is -2.38. The van der Waals surface area contributed by atoms with Crippen LogP contribution in [0.1, 0.15) is 51.9 Å². The van der Waals surface area contributed by atoms with Crippen molar-refractivity contribution in [3.8, 4) is 11.1 Å². The second-order valence-corrected chi connectivity index (χ2v) is 12.4. The minimum Gasteiger partial charge on any atom is -0.392 e. The summed E-state index contributed by atoms with van der Waals surface area (Å²) in [7, 11) is 0. The minimum absolute atomic E-state index is 0.0149. The van der Waals surface area contributed by atoms with Gasteiger partial charge in [0, 0.05) is 34.2 Å². The lowest BCUT2D eigenvalue weighted by atomic mass is 9.91. The Balaban J connectivity index is 1.18. The first kappa shape index (κ1) is 30.8. The molecule has 6 rings (SSSR count). The Morgan fingerprint density at radius 1 is 0.733 bits per heavy atom. The van der Waals surface area contributed by atoms with Crippen LogP contribution in [0.4, 0.5) is 0 Å². The summed E-state index contributed by atoms with van der Waals surface area (Å²) < 4.78 is 13.3. The number of amides is 1. The number of aliphatic hydroxyl groups is 1. The first-order valence-electron chi connectivity index (χ1n) is 15.3. The second-order valence-electron chi connectivity index (χ2n) is 11.3. The second kappa shape index (κ2) is 14.7. The molecule has 1 fully saturated rings. The summed E-state index contributed by atoms with van der Waals surface area (Å²) >= 11 is 1.80. The number of benzene rings is 5. The molecule has 1 amide bonds. The van der Waals surface area contributed by atoms with Gasteiger partial charge in [-0.3, -0.25) is 4.79 Å². The van der Waals surface area contributed by atoms with Gasteiger partial charge < -0.3 is 19.9 Å². The van der Waals surface area contributed by atoms with Crippen LogP contribution < -0.4 is 5.32 Å². The van der Waals surface area contributed by atoms with Crippen molar-refractivity contribution in [3.05, 3.63) is 161 Å². The molecule has 5 aromatic rings. The number of hydrogen-bond donors (Lipinski definition) is 2. The van der Waals surface area contributed by atoms with Crippen molar-refractivity contribution in [1.29, 1.82) is 0 Å². The fourth-order valence-electron chi connectivity index (χ4n) is 5.57. The number of ether oxygens (including phenoxy) is 2. The van der Waals surface area contributed by atoms with Crippen molar-refractivity contribution in [2.24, 2.45) is 5.92 Å². The quantitative estimate of drug-likeness (QED) is 0.155. The molecule has 2 N–H and O–H groups in total. The highest BCUT2D eigenvalue weighted by Crippen LogP contribution is 2.43. The molecule has 0 saturated carbocycles. The fraction of sp³-hybridized carbons (Fsp3) is 0.205. The van der Waals surface area contributed by atoms with Crippen molar-refractivity contribution in [3.63, 3.8) is 0 Å². The van der Waals surface area contributed by atoms with E-state index in [1.165, 1.54) is 4.90 Å². The van der Waals surface area contributed by atoms with E-state index in [1.807, 2.05) is 60.7 Å². The molecule has 4 atom stereocenters. The van der Waals surface area contributed by atoms with E-state index in [-0.39, 0.29) is 30.6 Å². The molecular formula is C39H37NO4S. The molecule has 1 aliphatic rings. The van der Waals surface area contributed by atoms with Crippen LogP contribution in [0, 0.1) is 5.92 Å². The molecule has 0 aromatic heterocycles. The molecule has 0 radical (unpaired) electrons. The Morgan fingerprint density at radius 3 is 2.13 bits per heavy atom. The van der Waals surface area contributed by atoms with E-state index in [1.54, 1.807) is 11.8 Å². The molecule has 1 saturated heterocycles. The summed E-state index contributed by atoms with van der Waals surface area (Å²) in [6, 6.07) is 44.2. The van der Waals surface area contributed by atoms with Crippen molar-refractivity contribution in [1.82, 2.24) is 5.32 Å². The smallest absolute Gasteiger partial charge is 0.251 e. The largest absolute Gasteiger partial charge is 0.392 e. The third-order valence-corrected chi connectivity index (χ3v) is 9.31. The number of carbonyl (C=O) groups excluding carboxylic acids is 1. The number of aliphatic hydroxyl groups excluding tert-OH is 1. The average molecular weight is 616 g/mol. The van der Waals surface area contributed by atoms with Gasteiger partial charge in [0.15, 0.2) is 6.29 Å². The molecule has 45 heavy (non-hydrogen) atoms. The SMILES string of the molecule is CC1C(CSc2ccccc2)OC(c2ccc(-c3cccc(CNC(=O)c4ccccc4)c3)cc2)OC1c1ccc(CO)cc1. The monoisotopic (exact) mass is 615 g/mol. The van der Waals surface area contributed by atoms with E-state index < -0.39 is 6.29 Å². The summed E-state index contributed by atoms with van der Waals surface area (Å²) in [6.45, 7) is 2.65. The Labute approximate surface area is 269 Å². The number of carbonyl (C=O) groups is 1. The van der Waals surface area contributed by atoms with Gasteiger partial charge in [0.25, 0.3) is 5.91 Å². The lowest BCUT2D eigenvalue weighted by Gasteiger charge is -2.41. The Morgan fingerprint density at radius 2 is 1.42 bits per heavy atom. The third-order valence-electron chi connectivity index (χ3n) is 8.21. The number of thioether (sulfide) groups is 1. The number of rotatable bonds is 10. The minimum atomic E-state index is -0.515. The van der Waals surface area contributed by atoms with Gasteiger partial charge in [0.2, 0.25) is 0 Å². The predicted octanol–water partition coefficient (Wildman–Crippen LogP) is 8.36. The Bertz CT molecular complexity index is 1680. The number of nitrogens with one attached hydrogen (secondary N) is 1. The van der Waals surface area contributed by atoms with Crippen LogP contribution in [0.15, 0.2) is 138 Å². The molecule has 0 spiro atoms. The van der Waals surface area contributed by atoms with Crippen molar-refractivity contribution >= 4 is 17.7 Å². The molecule has 0 aliphatic carbocycles. The summed E-state index contributed by atoms with van der Waals surface area (Å²) in [5.74, 6) is 0.846. The standard InChI is InChI=1S/C39H37NO4S/c1-27-36(26-45-35-13-6-3-7-14-35)43-39(44-37(27)31-17-15-28(25-41)16-18-31)33-21-19-30(20-22-33)34-12-8-9-29(23-34)24-40-38(42)32-10-4-2-5-11-32/h2-23,27,36-37,39,41H,24-26H2,1H3,(H,40,42). The van der Waals surface area contributed by atoms with Crippen molar-refractivity contribution in [2.45, 2.75) is 43.5 Å². The van der Waals surface area contributed by atoms with Gasteiger partial charge in [-0.25, -0.2) is 0 Å². The van der Waals surface area contributed by atoms with Crippen LogP contribution in [-0.4, -0.2) is 22.9 Å². The van der Waals surface area contributed by atoms with Gasteiger partial charge >= 0.3 is 0 Å². The zero-order valence-electron chi connectivity index (χ0n) is 25.2. The van der Waals surface area contributed by atoms with Gasteiger partial charge in [-0.15, -0.1) is 11.8 Å². The maximum Gasteiger partial charge on any atom is 0.251 e. The maximum absolute atomic E-state index is 12.5. The highest BCUT2D eigenvalue weighted by atomic mass is 32.2. The molecule has 1 aliphatic heterocycles. The molecule has 0 bridgehead atoms. The molecular weight excluding hydrogens is 578 g/mol. The predicted molar refractivity (Wildman–Crippen MR) is 180 cm³/mol. The highest BCUT2D eigenvalue weighted by Gasteiger charge is 2.38. The van der Waals surface area contributed by atoms with Crippen molar-refractivity contribution in [2.75, 3.05) is 5.75 Å². The van der Waals surface area contributed by atoms with Crippen LogP contribution in [0.25, 0.3) is 11.1 Å². The highest BCUT2D eigenvalue weighted by molar-refractivity contribution is 7.99. The molecule has 5 nitrogen and oxygen atoms in total. The molecule has 1 heterocycles.